The molecule has 0 atom stereocenters. The smallest absolute Gasteiger partial charge is 0.252 e. The SMILES string of the molecule is CCN(CC1CC1)S(=O)(=O)c1cc(C)c(CNC2CC2)s1. The first-order valence-electron chi connectivity index (χ1n) is 7.83. The molecular formula is C15H24N2O2S2. The number of thiophene rings is 1. The molecule has 0 saturated heterocycles. The quantitative estimate of drug-likeness (QED) is 0.798. The fraction of sp³-hybridized carbons (Fsp3) is 0.733. The molecule has 0 unspecified atom stereocenters. The van der Waals surface area contributed by atoms with Gasteiger partial charge in [-0.3, -0.25) is 0 Å². The fourth-order valence-electron chi connectivity index (χ4n) is 2.43. The molecule has 1 N–H and O–H groups in total. The molecule has 2 fully saturated rings. The lowest BCUT2D eigenvalue weighted by Crippen LogP contribution is -2.32. The second kappa shape index (κ2) is 5.99. The molecule has 0 bridgehead atoms. The third-order valence-electron chi connectivity index (χ3n) is 4.23. The summed E-state index contributed by atoms with van der Waals surface area (Å²) in [5.41, 5.74) is 1.09. The van der Waals surface area contributed by atoms with Crippen LogP contribution in [0, 0.1) is 12.8 Å². The van der Waals surface area contributed by atoms with E-state index in [0.717, 1.165) is 17.0 Å². The first-order chi connectivity index (χ1) is 10.0. The summed E-state index contributed by atoms with van der Waals surface area (Å²) in [6.07, 6.45) is 4.85. The lowest BCUT2D eigenvalue weighted by Gasteiger charge is -2.19. The van der Waals surface area contributed by atoms with Crippen molar-refractivity contribution in [2.45, 2.75) is 56.3 Å². The first-order valence-corrected chi connectivity index (χ1v) is 10.1. The minimum absolute atomic E-state index is 0.509. The molecule has 2 aliphatic carbocycles. The van der Waals surface area contributed by atoms with Crippen molar-refractivity contribution in [3.63, 3.8) is 0 Å². The van der Waals surface area contributed by atoms with Crippen LogP contribution in [0.5, 0.6) is 0 Å². The van der Waals surface area contributed by atoms with Crippen LogP contribution in [0.2, 0.25) is 0 Å². The second-order valence-corrected chi connectivity index (χ2v) is 9.53. The number of nitrogens with one attached hydrogen (secondary N) is 1. The summed E-state index contributed by atoms with van der Waals surface area (Å²) >= 11 is 1.44. The van der Waals surface area contributed by atoms with Crippen LogP contribution >= 0.6 is 11.3 Å². The number of nitrogens with zero attached hydrogens (tertiary/aromatic N) is 1. The molecule has 2 saturated carbocycles. The molecule has 4 nitrogen and oxygen atoms in total. The van der Waals surface area contributed by atoms with Crippen LogP contribution in [0.15, 0.2) is 10.3 Å². The largest absolute Gasteiger partial charge is 0.309 e. The van der Waals surface area contributed by atoms with Gasteiger partial charge in [-0.25, -0.2) is 8.42 Å². The van der Waals surface area contributed by atoms with E-state index in [1.165, 1.54) is 37.0 Å². The zero-order chi connectivity index (χ0) is 15.0. The summed E-state index contributed by atoms with van der Waals surface area (Å²) in [6, 6.07) is 2.49. The second-order valence-electron chi connectivity index (χ2n) is 6.23. The predicted octanol–water partition coefficient (Wildman–Crippen LogP) is 2.73. The van der Waals surface area contributed by atoms with E-state index in [9.17, 15) is 8.42 Å². The van der Waals surface area contributed by atoms with Gasteiger partial charge in [0.1, 0.15) is 4.21 Å². The maximum atomic E-state index is 12.8. The Balaban J connectivity index is 1.74. The van der Waals surface area contributed by atoms with Gasteiger partial charge in [0.2, 0.25) is 0 Å². The highest BCUT2D eigenvalue weighted by atomic mass is 32.2. The molecule has 21 heavy (non-hydrogen) atoms. The van der Waals surface area contributed by atoms with Crippen LogP contribution in [-0.4, -0.2) is 31.9 Å². The van der Waals surface area contributed by atoms with Gasteiger partial charge in [0, 0.05) is 30.6 Å². The molecule has 0 spiro atoms. The molecule has 0 aliphatic heterocycles. The standard InChI is InChI=1S/C15H24N2O2S2/c1-3-17(10-12-4-5-12)21(18,19)15-8-11(2)14(20-15)9-16-13-6-7-13/h8,12-13,16H,3-7,9-10H2,1-2H3. The summed E-state index contributed by atoms with van der Waals surface area (Å²) in [6.45, 7) is 5.98. The zero-order valence-electron chi connectivity index (χ0n) is 12.8. The highest BCUT2D eigenvalue weighted by molar-refractivity contribution is 7.91. The Hall–Kier alpha value is -0.430. The van der Waals surface area contributed by atoms with Crippen molar-refractivity contribution in [2.24, 2.45) is 5.92 Å². The molecule has 1 heterocycles. The summed E-state index contributed by atoms with van der Waals surface area (Å²) in [7, 11) is -3.31. The van der Waals surface area contributed by atoms with Crippen molar-refractivity contribution in [1.29, 1.82) is 0 Å². The summed E-state index contributed by atoms with van der Waals surface area (Å²) < 4.78 is 27.7. The van der Waals surface area contributed by atoms with Gasteiger partial charge in [0.05, 0.1) is 0 Å². The molecule has 118 valence electrons. The predicted molar refractivity (Wildman–Crippen MR) is 86.1 cm³/mol. The van der Waals surface area contributed by atoms with Crippen LogP contribution in [0.3, 0.4) is 0 Å². The zero-order valence-corrected chi connectivity index (χ0v) is 14.4. The van der Waals surface area contributed by atoms with E-state index in [1.807, 2.05) is 19.9 Å². The van der Waals surface area contributed by atoms with Crippen molar-refractivity contribution in [3.05, 3.63) is 16.5 Å². The molecule has 1 aromatic rings. The minimum Gasteiger partial charge on any atom is -0.309 e. The topological polar surface area (TPSA) is 49.4 Å². The Morgan fingerprint density at radius 1 is 1.33 bits per heavy atom. The van der Waals surface area contributed by atoms with Gasteiger partial charge in [-0.05, 0) is 50.2 Å². The summed E-state index contributed by atoms with van der Waals surface area (Å²) in [5, 5.41) is 3.47. The van der Waals surface area contributed by atoms with E-state index in [0.29, 0.717) is 29.3 Å². The van der Waals surface area contributed by atoms with E-state index >= 15 is 0 Å². The van der Waals surface area contributed by atoms with Crippen LogP contribution < -0.4 is 5.32 Å². The van der Waals surface area contributed by atoms with Crippen molar-refractivity contribution >= 4 is 21.4 Å². The van der Waals surface area contributed by atoms with Gasteiger partial charge in [-0.2, -0.15) is 4.31 Å². The van der Waals surface area contributed by atoms with Gasteiger partial charge in [-0.1, -0.05) is 6.92 Å². The van der Waals surface area contributed by atoms with E-state index in [-0.39, 0.29) is 0 Å². The van der Waals surface area contributed by atoms with Gasteiger partial charge in [-0.15, -0.1) is 11.3 Å². The van der Waals surface area contributed by atoms with E-state index in [2.05, 4.69) is 5.32 Å². The lowest BCUT2D eigenvalue weighted by atomic mass is 10.3. The van der Waals surface area contributed by atoms with Gasteiger partial charge < -0.3 is 5.32 Å². The van der Waals surface area contributed by atoms with Crippen LogP contribution in [0.4, 0.5) is 0 Å². The highest BCUT2D eigenvalue weighted by Crippen LogP contribution is 2.34. The number of hydrogen-bond donors (Lipinski definition) is 1. The van der Waals surface area contributed by atoms with E-state index in [1.54, 1.807) is 4.31 Å². The number of hydrogen-bond acceptors (Lipinski definition) is 4. The Morgan fingerprint density at radius 3 is 2.62 bits per heavy atom. The molecule has 2 aliphatic rings. The summed E-state index contributed by atoms with van der Waals surface area (Å²) in [5.74, 6) is 0.580. The van der Waals surface area contributed by atoms with Crippen LogP contribution in [0.25, 0.3) is 0 Å². The van der Waals surface area contributed by atoms with Gasteiger partial charge >= 0.3 is 0 Å². The molecule has 1 aromatic heterocycles. The molecular weight excluding hydrogens is 304 g/mol. The van der Waals surface area contributed by atoms with E-state index < -0.39 is 10.0 Å². The van der Waals surface area contributed by atoms with Crippen LogP contribution in [0.1, 0.15) is 43.0 Å². The third kappa shape index (κ3) is 3.67. The highest BCUT2D eigenvalue weighted by Gasteiger charge is 2.32. The van der Waals surface area contributed by atoms with Crippen LogP contribution in [-0.2, 0) is 16.6 Å². The fourth-order valence-corrected chi connectivity index (χ4v) is 5.65. The average Bonchev–Trinajstić information content (AvgIpc) is 3.34. The third-order valence-corrected chi connectivity index (χ3v) is 7.86. The number of rotatable bonds is 8. The maximum Gasteiger partial charge on any atom is 0.252 e. The summed E-state index contributed by atoms with van der Waals surface area (Å²) in [4.78, 5) is 1.16. The minimum atomic E-state index is -3.31. The molecule has 3 rings (SSSR count). The molecule has 6 heteroatoms. The first kappa shape index (κ1) is 15.5. The van der Waals surface area contributed by atoms with Gasteiger partial charge in [0.15, 0.2) is 0 Å². The Morgan fingerprint density at radius 2 is 2.05 bits per heavy atom. The van der Waals surface area contributed by atoms with Crippen molar-refractivity contribution < 1.29 is 8.42 Å². The molecule has 0 aromatic carbocycles. The van der Waals surface area contributed by atoms with E-state index in [4.69, 9.17) is 0 Å². The Bertz CT molecular complexity index is 601. The average molecular weight is 329 g/mol. The van der Waals surface area contributed by atoms with Crippen molar-refractivity contribution in [2.75, 3.05) is 13.1 Å². The monoisotopic (exact) mass is 328 g/mol. The Kier molecular flexibility index (Phi) is 4.41. The van der Waals surface area contributed by atoms with Crippen molar-refractivity contribution in [3.8, 4) is 0 Å². The number of aryl methyl sites for hydroxylation is 1. The number of sulfonamides is 1. The molecule has 0 amide bonds. The van der Waals surface area contributed by atoms with Crippen molar-refractivity contribution in [1.82, 2.24) is 9.62 Å². The normalized spacial score (nSPS) is 19.4. The molecule has 0 radical (unpaired) electrons. The maximum absolute atomic E-state index is 12.8. The lowest BCUT2D eigenvalue weighted by molar-refractivity contribution is 0.413. The van der Waals surface area contributed by atoms with Gasteiger partial charge in [0.25, 0.3) is 10.0 Å². The Labute approximate surface area is 131 Å².